The molecule has 3 heterocycles. The van der Waals surface area contributed by atoms with Gasteiger partial charge in [-0.3, -0.25) is 14.4 Å². The fourth-order valence-corrected chi connectivity index (χ4v) is 3.38. The summed E-state index contributed by atoms with van der Waals surface area (Å²) in [5, 5.41) is 0. The van der Waals surface area contributed by atoms with E-state index in [1.807, 2.05) is 13.8 Å². The van der Waals surface area contributed by atoms with Crippen molar-refractivity contribution in [2.24, 2.45) is 5.92 Å². The van der Waals surface area contributed by atoms with Crippen molar-refractivity contribution in [3.63, 3.8) is 0 Å². The van der Waals surface area contributed by atoms with Gasteiger partial charge in [-0.05, 0) is 24.5 Å². The van der Waals surface area contributed by atoms with Gasteiger partial charge < -0.3 is 19.1 Å². The Bertz CT molecular complexity index is 626. The number of hydrogen-bond donors (Lipinski definition) is 0. The highest BCUT2D eigenvalue weighted by Crippen LogP contribution is 2.21. The van der Waals surface area contributed by atoms with E-state index in [0.717, 1.165) is 0 Å². The van der Waals surface area contributed by atoms with Crippen LogP contribution in [0.15, 0.2) is 22.8 Å². The molecule has 0 radical (unpaired) electrons. The Balaban J connectivity index is 1.72. The molecule has 130 valence electrons. The van der Waals surface area contributed by atoms with Crippen LogP contribution in [0, 0.1) is 5.92 Å². The summed E-state index contributed by atoms with van der Waals surface area (Å²) in [4.78, 5) is 42.5. The summed E-state index contributed by atoms with van der Waals surface area (Å²) in [6.45, 7) is 6.03. The lowest BCUT2D eigenvalue weighted by Crippen LogP contribution is -2.60. The maximum Gasteiger partial charge on any atom is 0.289 e. The Morgan fingerprint density at radius 2 is 2.08 bits per heavy atom. The summed E-state index contributed by atoms with van der Waals surface area (Å²) in [6.07, 6.45) is 1.93. The number of piperazine rings is 1. The van der Waals surface area contributed by atoms with Gasteiger partial charge >= 0.3 is 0 Å². The lowest BCUT2D eigenvalue weighted by molar-refractivity contribution is -0.156. The molecular weight excluding hydrogens is 310 g/mol. The second-order valence-corrected chi connectivity index (χ2v) is 6.77. The maximum absolute atomic E-state index is 12.7. The van der Waals surface area contributed by atoms with Gasteiger partial charge in [-0.2, -0.15) is 0 Å². The molecule has 2 aliphatic heterocycles. The summed E-state index contributed by atoms with van der Waals surface area (Å²) >= 11 is 0. The average molecular weight is 333 g/mol. The van der Waals surface area contributed by atoms with Crippen LogP contribution < -0.4 is 0 Å². The molecule has 7 heteroatoms. The largest absolute Gasteiger partial charge is 0.459 e. The maximum atomic E-state index is 12.7. The highest BCUT2D eigenvalue weighted by atomic mass is 16.3. The van der Waals surface area contributed by atoms with Gasteiger partial charge in [0.15, 0.2) is 5.76 Å². The minimum absolute atomic E-state index is 0.00408. The van der Waals surface area contributed by atoms with E-state index in [0.29, 0.717) is 38.5 Å². The zero-order chi connectivity index (χ0) is 17.3. The molecule has 2 aliphatic rings. The first-order valence-electron chi connectivity index (χ1n) is 8.38. The van der Waals surface area contributed by atoms with Gasteiger partial charge in [0, 0.05) is 26.2 Å². The van der Waals surface area contributed by atoms with Crippen LogP contribution in [-0.4, -0.2) is 71.2 Å². The van der Waals surface area contributed by atoms with Crippen molar-refractivity contribution < 1.29 is 18.8 Å². The monoisotopic (exact) mass is 333 g/mol. The number of rotatable bonds is 3. The zero-order valence-corrected chi connectivity index (χ0v) is 14.1. The molecular formula is C17H23N3O4. The van der Waals surface area contributed by atoms with Crippen molar-refractivity contribution in [1.82, 2.24) is 14.7 Å². The lowest BCUT2D eigenvalue weighted by atomic mass is 10.1. The molecule has 0 spiro atoms. The van der Waals surface area contributed by atoms with Gasteiger partial charge in [0.2, 0.25) is 11.8 Å². The second-order valence-electron chi connectivity index (χ2n) is 6.77. The van der Waals surface area contributed by atoms with Crippen LogP contribution in [0.3, 0.4) is 0 Å². The highest BCUT2D eigenvalue weighted by Gasteiger charge is 2.41. The predicted molar refractivity (Wildman–Crippen MR) is 86.1 cm³/mol. The molecule has 1 unspecified atom stereocenters. The number of hydrogen-bond acceptors (Lipinski definition) is 4. The van der Waals surface area contributed by atoms with Gasteiger partial charge in [-0.15, -0.1) is 0 Å². The molecule has 0 N–H and O–H groups in total. The van der Waals surface area contributed by atoms with Crippen LogP contribution in [0.4, 0.5) is 0 Å². The molecule has 24 heavy (non-hydrogen) atoms. The standard InChI is InChI=1S/C17H23N3O4/c1-12(2)10-19-11-15(21)20-8-7-18(6-5-13(20)16(19)22)17(23)14-4-3-9-24-14/h3-4,9,12-13H,5-8,10-11H2,1-2H3. The number of furan rings is 1. The van der Waals surface area contributed by atoms with Gasteiger partial charge in [0.05, 0.1) is 12.8 Å². The zero-order valence-electron chi connectivity index (χ0n) is 14.1. The Labute approximate surface area is 141 Å². The Morgan fingerprint density at radius 3 is 2.75 bits per heavy atom. The molecule has 7 nitrogen and oxygen atoms in total. The van der Waals surface area contributed by atoms with Crippen LogP contribution in [0.25, 0.3) is 0 Å². The smallest absolute Gasteiger partial charge is 0.289 e. The molecule has 0 aromatic carbocycles. The molecule has 2 saturated heterocycles. The van der Waals surface area contributed by atoms with Crippen molar-refractivity contribution in [1.29, 1.82) is 0 Å². The van der Waals surface area contributed by atoms with Crippen molar-refractivity contribution in [3.8, 4) is 0 Å². The molecule has 1 aromatic rings. The first-order valence-corrected chi connectivity index (χ1v) is 8.38. The molecule has 1 aromatic heterocycles. The second kappa shape index (κ2) is 6.67. The summed E-state index contributed by atoms with van der Waals surface area (Å²) in [7, 11) is 0. The van der Waals surface area contributed by atoms with Crippen molar-refractivity contribution in [3.05, 3.63) is 24.2 Å². The Hall–Kier alpha value is -2.31. The summed E-state index contributed by atoms with van der Waals surface area (Å²) in [5.74, 6) is 0.368. The third-order valence-corrected chi connectivity index (χ3v) is 4.51. The molecule has 3 rings (SSSR count). The first-order chi connectivity index (χ1) is 11.5. The number of nitrogens with zero attached hydrogens (tertiary/aromatic N) is 3. The summed E-state index contributed by atoms with van der Waals surface area (Å²) in [6, 6.07) is 2.84. The number of amides is 3. The fourth-order valence-electron chi connectivity index (χ4n) is 3.38. The number of carbonyl (C=O) groups excluding carboxylic acids is 3. The van der Waals surface area contributed by atoms with Crippen LogP contribution in [0.1, 0.15) is 30.8 Å². The molecule has 1 atom stereocenters. The average Bonchev–Trinajstić information content (AvgIpc) is 2.97. The minimum Gasteiger partial charge on any atom is -0.459 e. The predicted octanol–water partition coefficient (Wildman–Crippen LogP) is 0.821. The normalized spacial score (nSPS) is 22.0. The molecule has 2 fully saturated rings. The molecule has 3 amide bonds. The quantitative estimate of drug-likeness (QED) is 0.821. The van der Waals surface area contributed by atoms with Gasteiger partial charge in [-0.25, -0.2) is 0 Å². The SMILES string of the molecule is CC(C)CN1CC(=O)N2CCN(C(=O)c3ccco3)CCC2C1=O. The topological polar surface area (TPSA) is 74.1 Å². The Kier molecular flexibility index (Phi) is 4.59. The lowest BCUT2D eigenvalue weighted by Gasteiger charge is -2.39. The van der Waals surface area contributed by atoms with Crippen molar-refractivity contribution >= 4 is 17.7 Å². The molecule has 0 saturated carbocycles. The van der Waals surface area contributed by atoms with E-state index >= 15 is 0 Å². The van der Waals surface area contributed by atoms with Crippen molar-refractivity contribution in [2.75, 3.05) is 32.7 Å². The van der Waals surface area contributed by atoms with E-state index in [-0.39, 0.29) is 30.0 Å². The van der Waals surface area contributed by atoms with Crippen molar-refractivity contribution in [2.45, 2.75) is 26.3 Å². The third kappa shape index (κ3) is 3.16. The number of fused-ring (bicyclic) bond motifs is 1. The summed E-state index contributed by atoms with van der Waals surface area (Å²) in [5.41, 5.74) is 0. The first kappa shape index (κ1) is 16.5. The van der Waals surface area contributed by atoms with Gasteiger partial charge in [0.1, 0.15) is 6.04 Å². The van der Waals surface area contributed by atoms with E-state index in [1.165, 1.54) is 6.26 Å². The van der Waals surface area contributed by atoms with E-state index in [1.54, 1.807) is 26.8 Å². The fraction of sp³-hybridized carbons (Fsp3) is 0.588. The van der Waals surface area contributed by atoms with E-state index in [4.69, 9.17) is 4.42 Å². The van der Waals surface area contributed by atoms with E-state index < -0.39 is 6.04 Å². The van der Waals surface area contributed by atoms with Crippen LogP contribution in [0.2, 0.25) is 0 Å². The molecule has 0 aliphatic carbocycles. The van der Waals surface area contributed by atoms with Crippen LogP contribution in [0.5, 0.6) is 0 Å². The van der Waals surface area contributed by atoms with Crippen LogP contribution in [-0.2, 0) is 9.59 Å². The van der Waals surface area contributed by atoms with Gasteiger partial charge in [0.25, 0.3) is 5.91 Å². The third-order valence-electron chi connectivity index (χ3n) is 4.51. The Morgan fingerprint density at radius 1 is 1.29 bits per heavy atom. The molecule has 0 bridgehead atoms. The number of carbonyl (C=O) groups is 3. The van der Waals surface area contributed by atoms with E-state index in [9.17, 15) is 14.4 Å². The highest BCUT2D eigenvalue weighted by molar-refractivity contribution is 5.95. The van der Waals surface area contributed by atoms with E-state index in [2.05, 4.69) is 0 Å². The van der Waals surface area contributed by atoms with Gasteiger partial charge in [-0.1, -0.05) is 13.8 Å². The van der Waals surface area contributed by atoms with Crippen LogP contribution >= 0.6 is 0 Å². The minimum atomic E-state index is -0.459. The summed E-state index contributed by atoms with van der Waals surface area (Å²) < 4.78 is 5.16.